The van der Waals surface area contributed by atoms with Crippen LogP contribution in [0, 0.1) is 22.7 Å². The van der Waals surface area contributed by atoms with Crippen LogP contribution >= 0.6 is 0 Å². The molecule has 3 aliphatic carbocycles. The Morgan fingerprint density at radius 1 is 0.873 bits per heavy atom. The minimum atomic E-state index is -1.83. The lowest BCUT2D eigenvalue weighted by Gasteiger charge is -2.56. The van der Waals surface area contributed by atoms with Gasteiger partial charge in [0.25, 0.3) is 0 Å². The second-order valence-corrected chi connectivity index (χ2v) is 22.5. The van der Waals surface area contributed by atoms with Crippen LogP contribution in [-0.2, 0) is 42.9 Å². The largest absolute Gasteiger partial charge is 0.466 e. The zero-order chi connectivity index (χ0) is 52.0. The molecule has 398 valence electrons. The van der Waals surface area contributed by atoms with Crippen molar-refractivity contribution >= 4 is 29.8 Å². The number of aliphatic hydroxyl groups is 3. The summed E-state index contributed by atoms with van der Waals surface area (Å²) in [7, 11) is 0. The molecule has 1 aromatic carbocycles. The number of hydrogen-bond acceptors (Lipinski definition) is 13. The fraction of sp³-hybridized carbons (Fsp3) is 0.737. The Kier molecular flexibility index (Phi) is 21.3. The van der Waals surface area contributed by atoms with Gasteiger partial charge >= 0.3 is 24.0 Å². The Morgan fingerprint density at radius 3 is 2.08 bits per heavy atom. The summed E-state index contributed by atoms with van der Waals surface area (Å²) in [5.41, 5.74) is -4.18. The van der Waals surface area contributed by atoms with Crippen molar-refractivity contribution in [3.8, 4) is 0 Å². The SMILES string of the molecule is CCCCCCCC/C=C\CCCCCCCCOC(=O)CCC(=O)O[C@@H](C(=O)O[C@H]1C[C@@]2(O)CC[C@@H]3[C@@H]4CO[C@@H]4C[C@H](O)[C@]3(C)C(=O)[C@H](O)C(=C1C)C2(C)C)[C@@H](NC(=O)OC(C)(C)C)c1ccccc1. The third-order valence-electron chi connectivity index (χ3n) is 15.9. The molecule has 1 amide bonds. The number of alkyl carbamates (subject to hydrolysis) is 1. The minimum absolute atomic E-state index is 0.0420. The van der Waals surface area contributed by atoms with Gasteiger partial charge in [-0.05, 0) is 102 Å². The van der Waals surface area contributed by atoms with Crippen LogP contribution in [0.5, 0.6) is 0 Å². The van der Waals surface area contributed by atoms with Crippen molar-refractivity contribution in [1.29, 1.82) is 0 Å². The number of carbonyl (C=O) groups is 5. The zero-order valence-electron chi connectivity index (χ0n) is 44.1. The third kappa shape index (κ3) is 15.0. The molecule has 3 fully saturated rings. The number of hydrogen-bond donors (Lipinski definition) is 4. The lowest BCUT2D eigenvalue weighted by atomic mass is 9.55. The van der Waals surface area contributed by atoms with Gasteiger partial charge in [0.05, 0.1) is 49.3 Å². The fourth-order valence-corrected chi connectivity index (χ4v) is 11.4. The number of Topliss-reactive ketones (excluding diaryl/α,β-unsaturated/α-hetero) is 1. The first kappa shape index (κ1) is 57.8. The van der Waals surface area contributed by atoms with Crippen molar-refractivity contribution in [3.05, 3.63) is 59.2 Å². The second kappa shape index (κ2) is 26.2. The Labute approximate surface area is 423 Å². The highest BCUT2D eigenvalue weighted by molar-refractivity contribution is 5.93. The number of aliphatic hydroxyl groups excluding tert-OH is 2. The van der Waals surface area contributed by atoms with Crippen LogP contribution in [-0.4, -0.2) is 100 Å². The number of amides is 1. The van der Waals surface area contributed by atoms with E-state index in [0.717, 1.165) is 38.5 Å². The van der Waals surface area contributed by atoms with Gasteiger partial charge in [0.1, 0.15) is 23.9 Å². The lowest BCUT2D eigenvalue weighted by Crippen LogP contribution is -2.63. The van der Waals surface area contributed by atoms with Crippen LogP contribution in [0.4, 0.5) is 4.79 Å². The van der Waals surface area contributed by atoms with E-state index in [1.165, 1.54) is 44.9 Å². The van der Waals surface area contributed by atoms with Crippen LogP contribution in [0.1, 0.15) is 195 Å². The maximum Gasteiger partial charge on any atom is 0.408 e. The van der Waals surface area contributed by atoms with Crippen molar-refractivity contribution in [2.45, 2.75) is 232 Å². The summed E-state index contributed by atoms with van der Waals surface area (Å²) in [5.74, 6) is -3.61. The molecule has 1 aromatic rings. The van der Waals surface area contributed by atoms with Gasteiger partial charge < -0.3 is 44.3 Å². The first-order chi connectivity index (χ1) is 33.6. The molecule has 4 N–H and O–H groups in total. The fourth-order valence-electron chi connectivity index (χ4n) is 11.4. The Bertz CT molecular complexity index is 1990. The van der Waals surface area contributed by atoms with Crippen molar-refractivity contribution in [1.82, 2.24) is 5.32 Å². The zero-order valence-corrected chi connectivity index (χ0v) is 44.1. The quantitative estimate of drug-likeness (QED) is 0.0312. The maximum absolute atomic E-state index is 14.8. The van der Waals surface area contributed by atoms with Crippen molar-refractivity contribution < 1.29 is 63.0 Å². The highest BCUT2D eigenvalue weighted by atomic mass is 16.6. The maximum atomic E-state index is 14.8. The number of esters is 3. The van der Waals surface area contributed by atoms with E-state index in [1.807, 2.05) is 0 Å². The van der Waals surface area contributed by atoms with E-state index < -0.39 is 94.6 Å². The molecule has 2 bridgehead atoms. The third-order valence-corrected chi connectivity index (χ3v) is 15.9. The smallest absolute Gasteiger partial charge is 0.408 e. The van der Waals surface area contributed by atoms with Gasteiger partial charge in [0.2, 0.25) is 6.10 Å². The highest BCUT2D eigenvalue weighted by Crippen LogP contribution is 2.59. The summed E-state index contributed by atoms with van der Waals surface area (Å²) in [6.07, 6.45) is 13.7. The summed E-state index contributed by atoms with van der Waals surface area (Å²) in [4.78, 5) is 69.3. The number of fused-ring (bicyclic) bond motifs is 5. The van der Waals surface area contributed by atoms with Crippen LogP contribution in [0.3, 0.4) is 0 Å². The molecule has 0 unspecified atom stereocenters. The molecule has 1 aliphatic heterocycles. The molecule has 14 nitrogen and oxygen atoms in total. The predicted octanol–water partition coefficient (Wildman–Crippen LogP) is 10.0. The molecule has 4 aliphatic rings. The van der Waals surface area contributed by atoms with Gasteiger partial charge in [-0.25, -0.2) is 9.59 Å². The highest BCUT2D eigenvalue weighted by Gasteiger charge is 2.64. The van der Waals surface area contributed by atoms with Crippen LogP contribution in [0.25, 0.3) is 0 Å². The van der Waals surface area contributed by atoms with E-state index >= 15 is 0 Å². The lowest BCUT2D eigenvalue weighted by molar-refractivity contribution is -0.226. The molecule has 1 saturated heterocycles. The standard InChI is InChI=1S/C57H87NO13/c1-9-10-11-12-13-14-15-16-17-18-19-20-21-22-23-27-34-67-45(60)30-31-46(61)70-50(48(39-28-25-24-26-29-39)58-53(65)71-54(3,4)5)52(64)69-43-36-57(66)33-32-41-40-37-68-42(40)35-44(59)56(41,8)51(63)49(62)47(38(43)2)55(57,6)7/h16-17,24-26,28-29,40-44,48-50,59,62,66H,9-15,18-23,27,30-37H2,1-8H3,(H,58,65)/b17-16-/t40-,41+,42+,43-,44-,48-,49+,50+,56+,57-/m0/s1. The first-order valence-electron chi connectivity index (χ1n) is 26.8. The summed E-state index contributed by atoms with van der Waals surface area (Å²) >= 11 is 0. The number of benzene rings is 1. The molecular weight excluding hydrogens is 907 g/mol. The van der Waals surface area contributed by atoms with E-state index in [9.17, 15) is 39.3 Å². The van der Waals surface area contributed by atoms with Crippen LogP contribution in [0.15, 0.2) is 53.6 Å². The number of rotatable bonds is 25. The number of allylic oxidation sites excluding steroid dienone is 2. The molecule has 14 heteroatoms. The Balaban J connectivity index is 1.24. The van der Waals surface area contributed by atoms with Crippen LogP contribution < -0.4 is 5.32 Å². The molecule has 0 aromatic heterocycles. The Morgan fingerprint density at radius 2 is 1.48 bits per heavy atom. The number of carbonyl (C=O) groups excluding carboxylic acids is 5. The van der Waals surface area contributed by atoms with Crippen molar-refractivity contribution in [2.75, 3.05) is 13.2 Å². The van der Waals surface area contributed by atoms with E-state index in [1.54, 1.807) is 78.8 Å². The van der Waals surface area contributed by atoms with Gasteiger partial charge in [0.15, 0.2) is 5.78 Å². The predicted molar refractivity (Wildman–Crippen MR) is 270 cm³/mol. The normalized spacial score (nSPS) is 28.0. The molecule has 71 heavy (non-hydrogen) atoms. The first-order valence-corrected chi connectivity index (χ1v) is 26.8. The summed E-state index contributed by atoms with van der Waals surface area (Å²) in [6.45, 7) is 14.7. The van der Waals surface area contributed by atoms with E-state index in [0.29, 0.717) is 30.6 Å². The average Bonchev–Trinajstić information content (AvgIpc) is 3.31. The van der Waals surface area contributed by atoms with Crippen LogP contribution in [0.2, 0.25) is 0 Å². The van der Waals surface area contributed by atoms with Crippen molar-refractivity contribution in [3.63, 3.8) is 0 Å². The number of unbranched alkanes of at least 4 members (excludes halogenated alkanes) is 12. The molecule has 1 heterocycles. The molecule has 10 atom stereocenters. The van der Waals surface area contributed by atoms with E-state index in [2.05, 4.69) is 24.4 Å². The number of ether oxygens (including phenoxy) is 5. The molecule has 0 spiro atoms. The summed E-state index contributed by atoms with van der Waals surface area (Å²) in [5, 5.41) is 39.1. The van der Waals surface area contributed by atoms with E-state index in [-0.39, 0.29) is 49.9 Å². The van der Waals surface area contributed by atoms with Gasteiger partial charge in [-0.2, -0.15) is 0 Å². The monoisotopic (exact) mass is 994 g/mol. The van der Waals surface area contributed by atoms with Gasteiger partial charge in [-0.3, -0.25) is 14.4 Å². The van der Waals surface area contributed by atoms with Crippen molar-refractivity contribution in [2.24, 2.45) is 22.7 Å². The molecule has 2 saturated carbocycles. The topological polar surface area (TPSA) is 204 Å². The molecule has 0 radical (unpaired) electrons. The molecule has 5 rings (SSSR count). The van der Waals surface area contributed by atoms with Gasteiger partial charge in [0, 0.05) is 24.2 Å². The molecular formula is C57H87NO13. The minimum Gasteiger partial charge on any atom is -0.466 e. The Hall–Kier alpha value is -4.11. The number of ketones is 1. The number of nitrogens with one attached hydrogen (secondary N) is 1. The van der Waals surface area contributed by atoms with Gasteiger partial charge in [-0.1, -0.05) is 121 Å². The average molecular weight is 994 g/mol. The summed E-state index contributed by atoms with van der Waals surface area (Å²) in [6, 6.07) is 7.04. The second-order valence-electron chi connectivity index (χ2n) is 22.5. The van der Waals surface area contributed by atoms with Gasteiger partial charge in [-0.15, -0.1) is 0 Å². The summed E-state index contributed by atoms with van der Waals surface area (Å²) < 4.78 is 28.9. The van der Waals surface area contributed by atoms with E-state index in [4.69, 9.17) is 23.7 Å².